The lowest BCUT2D eigenvalue weighted by atomic mass is 9.40. The molecule has 0 spiro atoms. The monoisotopic (exact) mass is 361 g/mol. The fourth-order valence-corrected chi connectivity index (χ4v) is 8.86. The second-order valence-corrected chi connectivity index (χ2v) is 11.2. The van der Waals surface area contributed by atoms with Gasteiger partial charge in [0.15, 0.2) is 0 Å². The van der Waals surface area contributed by atoms with Gasteiger partial charge in [-0.2, -0.15) is 0 Å². The van der Waals surface area contributed by atoms with E-state index in [1.807, 2.05) is 7.11 Å². The van der Waals surface area contributed by atoms with Crippen molar-refractivity contribution in [3.8, 4) is 0 Å². The van der Waals surface area contributed by atoms with E-state index in [0.29, 0.717) is 10.8 Å². The average molecular weight is 362 g/mol. The van der Waals surface area contributed by atoms with Crippen molar-refractivity contribution in [1.29, 1.82) is 0 Å². The minimum Gasteiger partial charge on any atom is -0.385 e. The summed E-state index contributed by atoms with van der Waals surface area (Å²) in [5.74, 6) is 4.29. The molecule has 4 rings (SSSR count). The normalized spacial score (nSPS) is 53.7. The van der Waals surface area contributed by atoms with Crippen LogP contribution in [0.25, 0.3) is 0 Å². The first kappa shape index (κ1) is 19.2. The van der Waals surface area contributed by atoms with Gasteiger partial charge in [0.05, 0.1) is 0 Å². The molecule has 2 N–H and O–H groups in total. The van der Waals surface area contributed by atoms with Crippen molar-refractivity contribution >= 4 is 0 Å². The van der Waals surface area contributed by atoms with E-state index in [9.17, 15) is 0 Å². The van der Waals surface area contributed by atoms with Gasteiger partial charge in [0.1, 0.15) is 0 Å². The maximum Gasteiger partial charge on any atom is 0.0462 e. The quantitative estimate of drug-likeness (QED) is 0.643. The van der Waals surface area contributed by atoms with E-state index < -0.39 is 0 Å². The Morgan fingerprint density at radius 3 is 2.54 bits per heavy atom. The van der Waals surface area contributed by atoms with Gasteiger partial charge in [0.2, 0.25) is 0 Å². The van der Waals surface area contributed by atoms with Crippen LogP contribution in [0.3, 0.4) is 0 Å². The summed E-state index contributed by atoms with van der Waals surface area (Å²) in [4.78, 5) is 0. The molecule has 0 heterocycles. The van der Waals surface area contributed by atoms with Crippen LogP contribution in [-0.2, 0) is 4.74 Å². The topological polar surface area (TPSA) is 35.2 Å². The van der Waals surface area contributed by atoms with Crippen molar-refractivity contribution in [3.63, 3.8) is 0 Å². The number of nitrogens with two attached hydrogens (primary N) is 1. The van der Waals surface area contributed by atoms with E-state index in [1.165, 1.54) is 70.6 Å². The lowest BCUT2D eigenvalue weighted by Crippen LogP contribution is -2.70. The van der Waals surface area contributed by atoms with Crippen molar-refractivity contribution in [2.24, 2.45) is 46.2 Å². The first-order valence-electron chi connectivity index (χ1n) is 11.6. The van der Waals surface area contributed by atoms with Gasteiger partial charge in [-0.15, -0.1) is 0 Å². The maximum atomic E-state index is 7.48. The molecule has 4 saturated carbocycles. The Bertz CT molecular complexity index is 520. The molecule has 0 aliphatic heterocycles. The van der Waals surface area contributed by atoms with Gasteiger partial charge < -0.3 is 10.5 Å². The Hall–Kier alpha value is -0.0800. The molecule has 0 radical (unpaired) electrons. The van der Waals surface area contributed by atoms with Crippen molar-refractivity contribution in [2.45, 2.75) is 96.9 Å². The van der Waals surface area contributed by atoms with Gasteiger partial charge in [-0.05, 0) is 98.2 Å². The van der Waals surface area contributed by atoms with Gasteiger partial charge in [-0.3, -0.25) is 0 Å². The Morgan fingerprint density at radius 1 is 0.962 bits per heavy atom. The van der Waals surface area contributed by atoms with Crippen molar-refractivity contribution in [2.75, 3.05) is 13.7 Å². The minimum atomic E-state index is 0.107. The second-order valence-electron chi connectivity index (χ2n) is 11.2. The smallest absolute Gasteiger partial charge is 0.0462 e. The van der Waals surface area contributed by atoms with Gasteiger partial charge in [0, 0.05) is 19.3 Å². The van der Waals surface area contributed by atoms with E-state index in [0.717, 1.165) is 36.2 Å². The number of hydrogen-bond acceptors (Lipinski definition) is 2. The summed E-state index contributed by atoms with van der Waals surface area (Å²) < 4.78 is 5.34. The molecule has 0 amide bonds. The fourth-order valence-electron chi connectivity index (χ4n) is 8.86. The third kappa shape index (κ3) is 2.57. The van der Waals surface area contributed by atoms with Crippen LogP contribution >= 0.6 is 0 Å². The van der Waals surface area contributed by atoms with Crippen LogP contribution in [0.5, 0.6) is 0 Å². The molecule has 4 aliphatic rings. The van der Waals surface area contributed by atoms with Crippen molar-refractivity contribution in [3.05, 3.63) is 0 Å². The van der Waals surface area contributed by atoms with Crippen LogP contribution in [0.1, 0.15) is 91.4 Å². The highest BCUT2D eigenvalue weighted by molar-refractivity contribution is 5.19. The van der Waals surface area contributed by atoms with Crippen LogP contribution in [0.4, 0.5) is 0 Å². The van der Waals surface area contributed by atoms with Crippen LogP contribution in [-0.4, -0.2) is 19.3 Å². The number of methoxy groups -OCH3 is 1. The summed E-state index contributed by atoms with van der Waals surface area (Å²) in [7, 11) is 1.84. The Labute approximate surface area is 162 Å². The van der Waals surface area contributed by atoms with Crippen LogP contribution < -0.4 is 5.73 Å². The molecule has 2 heteroatoms. The number of fused-ring (bicyclic) bond motifs is 5. The first-order valence-corrected chi connectivity index (χ1v) is 11.6. The molecule has 2 nitrogen and oxygen atoms in total. The standard InChI is InChI=1S/C24H43NO/c1-17-16-21-20-11-10-18(8-7-15-26-4)22(20,2)13-14-24(21,25)23(3)12-6-5-9-19(17)23/h17-21H,5-16,25H2,1-4H3/t17-,18?,19-,20?,21-,22?,23-,24+/m0/s1. The number of hydrogen-bond donors (Lipinski definition) is 1. The average Bonchev–Trinajstić information content (AvgIpc) is 2.94. The summed E-state index contributed by atoms with van der Waals surface area (Å²) in [6, 6.07) is 0. The zero-order valence-corrected chi connectivity index (χ0v) is 17.9. The van der Waals surface area contributed by atoms with E-state index in [2.05, 4.69) is 20.8 Å². The zero-order chi connectivity index (χ0) is 18.6. The van der Waals surface area contributed by atoms with E-state index in [4.69, 9.17) is 10.5 Å². The van der Waals surface area contributed by atoms with Crippen LogP contribution in [0.2, 0.25) is 0 Å². The van der Waals surface area contributed by atoms with Gasteiger partial charge in [0.25, 0.3) is 0 Å². The summed E-state index contributed by atoms with van der Waals surface area (Å²) in [5, 5.41) is 0. The Morgan fingerprint density at radius 2 is 1.77 bits per heavy atom. The summed E-state index contributed by atoms with van der Waals surface area (Å²) in [6.45, 7) is 8.73. The molecule has 8 atom stereocenters. The number of ether oxygens (including phenoxy) is 1. The zero-order valence-electron chi connectivity index (χ0n) is 17.9. The molecule has 0 aromatic rings. The molecular weight excluding hydrogens is 318 g/mol. The molecule has 3 unspecified atom stereocenters. The van der Waals surface area contributed by atoms with Crippen LogP contribution in [0.15, 0.2) is 0 Å². The predicted octanol–water partition coefficient (Wildman–Crippen LogP) is 5.79. The predicted molar refractivity (Wildman–Crippen MR) is 109 cm³/mol. The van der Waals surface area contributed by atoms with Crippen molar-refractivity contribution in [1.82, 2.24) is 0 Å². The molecule has 0 aromatic heterocycles. The molecule has 4 aliphatic carbocycles. The summed E-state index contributed by atoms with van der Waals surface area (Å²) in [6.07, 6.45) is 15.2. The molecular formula is C24H43NO. The minimum absolute atomic E-state index is 0.107. The van der Waals surface area contributed by atoms with E-state index in [1.54, 1.807) is 0 Å². The molecule has 0 aromatic carbocycles. The largest absolute Gasteiger partial charge is 0.385 e. The van der Waals surface area contributed by atoms with Gasteiger partial charge in [-0.1, -0.05) is 33.6 Å². The van der Waals surface area contributed by atoms with Gasteiger partial charge >= 0.3 is 0 Å². The second kappa shape index (κ2) is 6.76. The molecule has 4 fully saturated rings. The first-order chi connectivity index (χ1) is 12.4. The SMILES string of the molecule is COCCCC1CCC2[C@@H]3C[C@H](C)[C@@H]4CCCC[C@]4(C)[C@@]3(N)CCC12C. The highest BCUT2D eigenvalue weighted by Crippen LogP contribution is 2.69. The maximum absolute atomic E-state index is 7.48. The van der Waals surface area contributed by atoms with Gasteiger partial charge in [-0.25, -0.2) is 0 Å². The summed E-state index contributed by atoms with van der Waals surface area (Å²) >= 11 is 0. The lowest BCUT2D eigenvalue weighted by Gasteiger charge is -2.67. The highest BCUT2D eigenvalue weighted by atomic mass is 16.5. The third-order valence-corrected chi connectivity index (χ3v) is 10.4. The summed E-state index contributed by atoms with van der Waals surface area (Å²) in [5.41, 5.74) is 8.52. The molecule has 0 bridgehead atoms. The highest BCUT2D eigenvalue weighted by Gasteiger charge is 2.66. The van der Waals surface area contributed by atoms with E-state index in [-0.39, 0.29) is 5.54 Å². The number of rotatable bonds is 4. The lowest BCUT2D eigenvalue weighted by molar-refractivity contribution is -0.148. The Balaban J connectivity index is 1.60. The molecule has 150 valence electrons. The van der Waals surface area contributed by atoms with E-state index >= 15 is 0 Å². The fraction of sp³-hybridized carbons (Fsp3) is 1.00. The third-order valence-electron chi connectivity index (χ3n) is 10.4. The van der Waals surface area contributed by atoms with Crippen molar-refractivity contribution < 1.29 is 4.74 Å². The Kier molecular flexibility index (Phi) is 5.01. The van der Waals surface area contributed by atoms with Crippen LogP contribution in [0, 0.1) is 40.4 Å². The molecule has 0 saturated heterocycles. The molecule has 26 heavy (non-hydrogen) atoms.